The fraction of sp³-hybridized carbons (Fsp3) is 0.875. The summed E-state index contributed by atoms with van der Waals surface area (Å²) in [6, 6.07) is 0. The Morgan fingerprint density at radius 2 is 1.26 bits per heavy atom. The van der Waals surface area contributed by atoms with E-state index in [1.165, 1.54) is 89.9 Å². The first-order valence-electron chi connectivity index (χ1n) is 11.5. The lowest BCUT2D eigenvalue weighted by atomic mass is 9.95. The van der Waals surface area contributed by atoms with Crippen molar-refractivity contribution in [3.05, 3.63) is 12.2 Å². The summed E-state index contributed by atoms with van der Waals surface area (Å²) in [4.78, 5) is 11.6. The highest BCUT2D eigenvalue weighted by atomic mass is 16.7. The predicted octanol–water partition coefficient (Wildman–Crippen LogP) is 7.59. The van der Waals surface area contributed by atoms with Crippen molar-refractivity contribution in [1.82, 2.24) is 0 Å². The Bertz CT molecular complexity index is 349. The van der Waals surface area contributed by atoms with Gasteiger partial charge < -0.3 is 9.47 Å². The molecule has 0 aromatic carbocycles. The van der Waals surface area contributed by atoms with Gasteiger partial charge in [-0.05, 0) is 32.6 Å². The van der Waals surface area contributed by atoms with Crippen LogP contribution >= 0.6 is 0 Å². The summed E-state index contributed by atoms with van der Waals surface area (Å²) in [6.07, 6.45) is 17.9. The van der Waals surface area contributed by atoms with E-state index in [1.54, 1.807) is 13.8 Å². The lowest BCUT2D eigenvalue weighted by Gasteiger charge is -2.20. The minimum absolute atomic E-state index is 0.370. The molecule has 0 saturated heterocycles. The second-order valence-corrected chi connectivity index (χ2v) is 8.07. The Labute approximate surface area is 169 Å². The first-order valence-corrected chi connectivity index (χ1v) is 11.5. The Hall–Kier alpha value is -0.830. The summed E-state index contributed by atoms with van der Waals surface area (Å²) < 4.78 is 11.1. The molecule has 27 heavy (non-hydrogen) atoms. The molecule has 0 aliphatic rings. The van der Waals surface area contributed by atoms with Gasteiger partial charge in [0, 0.05) is 5.57 Å². The maximum Gasteiger partial charge on any atom is 0.335 e. The molecule has 0 aliphatic heterocycles. The van der Waals surface area contributed by atoms with Gasteiger partial charge in [0.2, 0.25) is 0 Å². The number of ether oxygens (including phenoxy) is 2. The highest BCUT2D eigenvalue weighted by Gasteiger charge is 2.14. The van der Waals surface area contributed by atoms with Crippen molar-refractivity contribution in [2.45, 2.75) is 124 Å². The van der Waals surface area contributed by atoms with Crippen molar-refractivity contribution in [1.29, 1.82) is 0 Å². The van der Waals surface area contributed by atoms with Crippen LogP contribution in [0.25, 0.3) is 0 Å². The van der Waals surface area contributed by atoms with Crippen LogP contribution in [0.2, 0.25) is 0 Å². The average molecular weight is 383 g/mol. The zero-order valence-corrected chi connectivity index (χ0v) is 18.7. The standard InChI is InChI=1S/C24H46O3/c1-6-8-10-12-14-16-18-23(19-17-15-13-11-9-7-2)20-26-22(5)27-24(25)21(3)4/h22-23H,3,6-20H2,1-2,4-5H3. The van der Waals surface area contributed by atoms with Crippen LogP contribution < -0.4 is 0 Å². The van der Waals surface area contributed by atoms with E-state index < -0.39 is 6.29 Å². The lowest BCUT2D eigenvalue weighted by molar-refractivity contribution is -0.172. The Morgan fingerprint density at radius 1 is 0.815 bits per heavy atom. The largest absolute Gasteiger partial charge is 0.433 e. The fourth-order valence-corrected chi connectivity index (χ4v) is 3.29. The van der Waals surface area contributed by atoms with E-state index in [2.05, 4.69) is 20.4 Å². The summed E-state index contributed by atoms with van der Waals surface area (Å²) >= 11 is 0. The monoisotopic (exact) mass is 382 g/mol. The number of rotatable bonds is 19. The SMILES string of the molecule is C=C(C)C(=O)OC(C)OCC(CCCCCCCC)CCCCCCCC. The molecule has 0 amide bonds. The molecule has 3 heteroatoms. The van der Waals surface area contributed by atoms with Crippen LogP contribution in [0.15, 0.2) is 12.2 Å². The molecule has 1 unspecified atom stereocenters. The minimum Gasteiger partial charge on any atom is -0.433 e. The summed E-state index contributed by atoms with van der Waals surface area (Å²) in [5.41, 5.74) is 0.418. The van der Waals surface area contributed by atoms with E-state index in [0.29, 0.717) is 18.1 Å². The lowest BCUT2D eigenvalue weighted by Crippen LogP contribution is -2.22. The van der Waals surface area contributed by atoms with Crippen molar-refractivity contribution in [3.63, 3.8) is 0 Å². The normalized spacial score (nSPS) is 12.3. The number of carbonyl (C=O) groups excluding carboxylic acids is 1. The second kappa shape index (κ2) is 18.5. The number of carbonyl (C=O) groups is 1. The molecule has 3 nitrogen and oxygen atoms in total. The third-order valence-electron chi connectivity index (χ3n) is 5.12. The van der Waals surface area contributed by atoms with Crippen molar-refractivity contribution < 1.29 is 14.3 Å². The molecule has 1 atom stereocenters. The fourth-order valence-electron chi connectivity index (χ4n) is 3.29. The van der Waals surface area contributed by atoms with Gasteiger partial charge in [-0.25, -0.2) is 4.79 Å². The van der Waals surface area contributed by atoms with E-state index >= 15 is 0 Å². The highest BCUT2D eigenvalue weighted by Crippen LogP contribution is 2.20. The molecule has 0 heterocycles. The number of hydrogen-bond donors (Lipinski definition) is 0. The third-order valence-corrected chi connectivity index (χ3v) is 5.12. The quantitative estimate of drug-likeness (QED) is 0.0999. The zero-order chi connectivity index (χ0) is 20.3. The molecule has 0 aliphatic carbocycles. The van der Waals surface area contributed by atoms with Gasteiger partial charge >= 0.3 is 5.97 Å². The van der Waals surface area contributed by atoms with Gasteiger partial charge in [-0.15, -0.1) is 0 Å². The molecule has 0 spiro atoms. The van der Waals surface area contributed by atoms with E-state index in [0.717, 1.165) is 0 Å². The predicted molar refractivity (Wildman–Crippen MR) is 116 cm³/mol. The summed E-state index contributed by atoms with van der Waals surface area (Å²) in [7, 11) is 0. The van der Waals surface area contributed by atoms with Crippen molar-refractivity contribution in [2.75, 3.05) is 6.61 Å². The summed E-state index contributed by atoms with van der Waals surface area (Å²) in [5, 5.41) is 0. The van der Waals surface area contributed by atoms with Gasteiger partial charge in [-0.3, -0.25) is 0 Å². The average Bonchev–Trinajstić information content (AvgIpc) is 2.64. The van der Waals surface area contributed by atoms with Gasteiger partial charge in [0.1, 0.15) is 0 Å². The number of esters is 1. The minimum atomic E-state index is -0.495. The smallest absolute Gasteiger partial charge is 0.335 e. The van der Waals surface area contributed by atoms with E-state index in [9.17, 15) is 4.79 Å². The first-order chi connectivity index (χ1) is 13.0. The molecule has 0 N–H and O–H groups in total. The number of hydrogen-bond acceptors (Lipinski definition) is 3. The van der Waals surface area contributed by atoms with Gasteiger partial charge in [0.05, 0.1) is 6.61 Å². The van der Waals surface area contributed by atoms with Crippen molar-refractivity contribution in [2.24, 2.45) is 5.92 Å². The summed E-state index contributed by atoms with van der Waals surface area (Å²) in [5.74, 6) is 0.208. The van der Waals surface area contributed by atoms with Crippen molar-refractivity contribution >= 4 is 5.97 Å². The molecule has 0 radical (unpaired) electrons. The molecule has 0 rings (SSSR count). The van der Waals surface area contributed by atoms with E-state index in [-0.39, 0.29) is 5.97 Å². The zero-order valence-electron chi connectivity index (χ0n) is 18.7. The van der Waals surface area contributed by atoms with Crippen LogP contribution in [-0.4, -0.2) is 18.9 Å². The molecular weight excluding hydrogens is 336 g/mol. The molecule has 0 fully saturated rings. The highest BCUT2D eigenvalue weighted by molar-refractivity contribution is 5.86. The summed E-state index contributed by atoms with van der Waals surface area (Å²) in [6.45, 7) is 12.3. The third kappa shape index (κ3) is 17.0. The van der Waals surface area contributed by atoms with Crippen LogP contribution in [0.5, 0.6) is 0 Å². The van der Waals surface area contributed by atoms with Crippen molar-refractivity contribution in [3.8, 4) is 0 Å². The molecule has 0 aromatic rings. The Morgan fingerprint density at radius 3 is 1.70 bits per heavy atom. The van der Waals surface area contributed by atoms with Gasteiger partial charge in [-0.1, -0.05) is 97.5 Å². The van der Waals surface area contributed by atoms with Gasteiger partial charge in [0.25, 0.3) is 0 Å². The second-order valence-electron chi connectivity index (χ2n) is 8.07. The van der Waals surface area contributed by atoms with E-state index in [4.69, 9.17) is 9.47 Å². The molecule has 0 aromatic heterocycles. The maximum atomic E-state index is 11.6. The van der Waals surface area contributed by atoms with Crippen LogP contribution in [-0.2, 0) is 14.3 Å². The maximum absolute atomic E-state index is 11.6. The molecule has 0 saturated carbocycles. The van der Waals surface area contributed by atoms with Crippen LogP contribution in [0.3, 0.4) is 0 Å². The van der Waals surface area contributed by atoms with Crippen LogP contribution in [0, 0.1) is 5.92 Å². The van der Waals surface area contributed by atoms with Crippen LogP contribution in [0.1, 0.15) is 118 Å². The Kier molecular flexibility index (Phi) is 18.0. The van der Waals surface area contributed by atoms with Crippen LogP contribution in [0.4, 0.5) is 0 Å². The van der Waals surface area contributed by atoms with Gasteiger partial charge in [-0.2, -0.15) is 0 Å². The first kappa shape index (κ1) is 26.2. The van der Waals surface area contributed by atoms with E-state index in [1.807, 2.05) is 0 Å². The molecule has 0 bridgehead atoms. The topological polar surface area (TPSA) is 35.5 Å². The molecule has 160 valence electrons. The molecular formula is C24H46O3. The number of unbranched alkanes of at least 4 members (excludes halogenated alkanes) is 10. The van der Waals surface area contributed by atoms with Gasteiger partial charge in [0.15, 0.2) is 6.29 Å². The Balaban J connectivity index is 4.12.